The van der Waals surface area contributed by atoms with Gasteiger partial charge in [-0.3, -0.25) is 19.2 Å². The molecular formula is C29H33FN8O4. The molecule has 4 N–H and O–H groups in total. The maximum Gasteiger partial charge on any atom is 0.246 e. The number of aliphatic hydroxyl groups excluding tert-OH is 1. The Labute approximate surface area is 241 Å². The maximum absolute atomic E-state index is 13.4. The molecule has 2 aromatic carbocycles. The summed E-state index contributed by atoms with van der Waals surface area (Å²) in [5.74, 6) is -0.0851. The van der Waals surface area contributed by atoms with Crippen LogP contribution in [0.25, 0.3) is 10.9 Å². The van der Waals surface area contributed by atoms with E-state index in [4.69, 9.17) is 4.74 Å². The molecule has 3 heterocycles. The van der Waals surface area contributed by atoms with E-state index in [0.29, 0.717) is 29.2 Å². The van der Waals surface area contributed by atoms with Gasteiger partial charge in [-0.25, -0.2) is 14.4 Å². The SMILES string of the molecule is CC(=O)Nc1nn(CC(=O)Nc2cccc(F)c2)cc1Nc1ncc2ccc(OCCCN3CCC[C@@H]3CO)cc2n1. The number of hydrogen-bond acceptors (Lipinski definition) is 9. The van der Waals surface area contributed by atoms with Crippen LogP contribution >= 0.6 is 0 Å². The number of carbonyl (C=O) groups is 2. The van der Waals surface area contributed by atoms with E-state index < -0.39 is 11.7 Å². The zero-order valence-electron chi connectivity index (χ0n) is 23.2. The number of fused-ring (bicyclic) bond motifs is 1. The summed E-state index contributed by atoms with van der Waals surface area (Å²) in [5, 5.41) is 22.9. The monoisotopic (exact) mass is 576 g/mol. The summed E-state index contributed by atoms with van der Waals surface area (Å²) in [7, 11) is 0. The highest BCUT2D eigenvalue weighted by Gasteiger charge is 2.22. The Morgan fingerprint density at radius 3 is 2.88 bits per heavy atom. The number of amides is 2. The van der Waals surface area contributed by atoms with Gasteiger partial charge in [0, 0.05) is 42.8 Å². The first-order chi connectivity index (χ1) is 20.4. The topological polar surface area (TPSA) is 147 Å². The number of anilines is 4. The summed E-state index contributed by atoms with van der Waals surface area (Å²) in [5.41, 5.74) is 1.37. The number of hydrogen-bond donors (Lipinski definition) is 4. The molecule has 0 saturated carbocycles. The molecule has 42 heavy (non-hydrogen) atoms. The minimum atomic E-state index is -0.463. The van der Waals surface area contributed by atoms with Crippen molar-refractivity contribution in [3.8, 4) is 5.75 Å². The number of ether oxygens (including phenoxy) is 1. The van der Waals surface area contributed by atoms with Crippen molar-refractivity contribution >= 4 is 45.9 Å². The lowest BCUT2D eigenvalue weighted by atomic mass is 10.2. The number of halogens is 1. The lowest BCUT2D eigenvalue weighted by Gasteiger charge is -2.22. The Bertz CT molecular complexity index is 1560. The van der Waals surface area contributed by atoms with Gasteiger partial charge in [0.2, 0.25) is 17.8 Å². The van der Waals surface area contributed by atoms with Crippen LogP contribution < -0.4 is 20.7 Å². The summed E-state index contributed by atoms with van der Waals surface area (Å²) < 4.78 is 20.8. The lowest BCUT2D eigenvalue weighted by Crippen LogP contribution is -2.33. The van der Waals surface area contributed by atoms with Gasteiger partial charge in [0.25, 0.3) is 0 Å². The van der Waals surface area contributed by atoms with E-state index in [1.807, 2.05) is 18.2 Å². The minimum Gasteiger partial charge on any atom is -0.493 e. The number of benzene rings is 2. The van der Waals surface area contributed by atoms with Crippen molar-refractivity contribution < 1.29 is 23.8 Å². The Morgan fingerprint density at radius 1 is 1.19 bits per heavy atom. The smallest absolute Gasteiger partial charge is 0.246 e. The third-order valence-electron chi connectivity index (χ3n) is 6.84. The summed E-state index contributed by atoms with van der Waals surface area (Å²) in [6, 6.07) is 11.4. The van der Waals surface area contributed by atoms with Crippen LogP contribution in [0.2, 0.25) is 0 Å². The van der Waals surface area contributed by atoms with Crippen LogP contribution in [-0.2, 0) is 16.1 Å². The molecule has 220 valence electrons. The number of aromatic nitrogens is 4. The van der Waals surface area contributed by atoms with Crippen molar-refractivity contribution in [1.82, 2.24) is 24.6 Å². The zero-order chi connectivity index (χ0) is 29.5. The Kier molecular flexibility index (Phi) is 9.19. The first kappa shape index (κ1) is 28.9. The standard InChI is InChI=1S/C29H33FN8O4/c1-19(40)32-28-26(16-38(36-28)17-27(41)33-22-6-2-5-21(30)13-22)35-29-31-15-20-8-9-24(14-25(20)34-29)42-12-4-11-37-10-3-7-23(37)18-39/h2,5-6,8-9,13-16,23,39H,3-4,7,10-12,17-18H2,1H3,(H,33,41)(H,31,34,35)(H,32,36,40)/t23-/m1/s1. The molecule has 0 spiro atoms. The largest absolute Gasteiger partial charge is 0.493 e. The Morgan fingerprint density at radius 2 is 2.07 bits per heavy atom. The van der Waals surface area contributed by atoms with E-state index in [-0.39, 0.29) is 36.9 Å². The van der Waals surface area contributed by atoms with Gasteiger partial charge < -0.3 is 25.8 Å². The molecule has 0 bridgehead atoms. The van der Waals surface area contributed by atoms with Crippen molar-refractivity contribution in [2.75, 3.05) is 42.3 Å². The number of carbonyl (C=O) groups excluding carboxylic acids is 2. The van der Waals surface area contributed by atoms with E-state index in [2.05, 4.69) is 35.9 Å². The quantitative estimate of drug-likeness (QED) is 0.186. The predicted molar refractivity (Wildman–Crippen MR) is 156 cm³/mol. The maximum atomic E-state index is 13.4. The van der Waals surface area contributed by atoms with Crippen molar-refractivity contribution in [3.63, 3.8) is 0 Å². The second kappa shape index (κ2) is 13.4. The highest BCUT2D eigenvalue weighted by atomic mass is 19.1. The molecule has 2 amide bonds. The fourth-order valence-corrected chi connectivity index (χ4v) is 4.89. The molecule has 13 heteroatoms. The first-order valence-corrected chi connectivity index (χ1v) is 13.8. The molecule has 2 aromatic heterocycles. The summed E-state index contributed by atoms with van der Waals surface area (Å²) >= 11 is 0. The van der Waals surface area contributed by atoms with E-state index in [9.17, 15) is 19.1 Å². The Hall–Kier alpha value is -4.62. The highest BCUT2D eigenvalue weighted by molar-refractivity contribution is 5.93. The number of likely N-dealkylation sites (tertiary alicyclic amines) is 1. The number of aliphatic hydroxyl groups is 1. The molecule has 12 nitrogen and oxygen atoms in total. The van der Waals surface area contributed by atoms with Crippen molar-refractivity contribution in [1.29, 1.82) is 0 Å². The third-order valence-corrected chi connectivity index (χ3v) is 6.84. The van der Waals surface area contributed by atoms with Gasteiger partial charge in [-0.15, -0.1) is 0 Å². The lowest BCUT2D eigenvalue weighted by molar-refractivity contribution is -0.117. The molecule has 1 aliphatic rings. The van der Waals surface area contributed by atoms with Crippen LogP contribution in [-0.4, -0.2) is 73.9 Å². The average molecular weight is 577 g/mol. The second-order valence-corrected chi connectivity index (χ2v) is 10.1. The van der Waals surface area contributed by atoms with Gasteiger partial charge >= 0.3 is 0 Å². The molecular weight excluding hydrogens is 543 g/mol. The van der Waals surface area contributed by atoms with Crippen LogP contribution in [0.3, 0.4) is 0 Å². The van der Waals surface area contributed by atoms with E-state index in [0.717, 1.165) is 37.7 Å². The third kappa shape index (κ3) is 7.56. The van der Waals surface area contributed by atoms with Crippen LogP contribution in [0.1, 0.15) is 26.2 Å². The molecule has 4 aromatic rings. The zero-order valence-corrected chi connectivity index (χ0v) is 23.2. The van der Waals surface area contributed by atoms with Gasteiger partial charge in [0.15, 0.2) is 5.82 Å². The van der Waals surface area contributed by atoms with Crippen molar-refractivity contribution in [2.24, 2.45) is 0 Å². The summed E-state index contributed by atoms with van der Waals surface area (Å²) in [4.78, 5) is 35.6. The molecule has 0 aliphatic carbocycles. The predicted octanol–water partition coefficient (Wildman–Crippen LogP) is 3.53. The van der Waals surface area contributed by atoms with Gasteiger partial charge in [0.05, 0.1) is 24.9 Å². The molecule has 0 unspecified atom stereocenters. The van der Waals surface area contributed by atoms with Crippen molar-refractivity contribution in [3.05, 3.63) is 60.7 Å². The van der Waals surface area contributed by atoms with Crippen LogP contribution in [0.5, 0.6) is 5.75 Å². The fourth-order valence-electron chi connectivity index (χ4n) is 4.89. The van der Waals surface area contributed by atoms with E-state index in [1.165, 1.54) is 29.8 Å². The molecule has 1 aliphatic heterocycles. The van der Waals surface area contributed by atoms with Crippen LogP contribution in [0, 0.1) is 5.82 Å². The van der Waals surface area contributed by atoms with Gasteiger partial charge in [-0.1, -0.05) is 6.07 Å². The second-order valence-electron chi connectivity index (χ2n) is 10.1. The summed E-state index contributed by atoms with van der Waals surface area (Å²) in [6.45, 7) is 3.81. The molecule has 0 radical (unpaired) electrons. The first-order valence-electron chi connectivity index (χ1n) is 13.8. The molecule has 5 rings (SSSR count). The normalized spacial score (nSPS) is 15.1. The molecule has 1 fully saturated rings. The Balaban J connectivity index is 1.24. The van der Waals surface area contributed by atoms with Crippen LogP contribution in [0.4, 0.5) is 27.5 Å². The van der Waals surface area contributed by atoms with E-state index in [1.54, 1.807) is 18.5 Å². The molecule has 1 saturated heterocycles. The molecule has 1 atom stereocenters. The van der Waals surface area contributed by atoms with Crippen molar-refractivity contribution in [2.45, 2.75) is 38.8 Å². The van der Waals surface area contributed by atoms with Gasteiger partial charge in [0.1, 0.15) is 23.8 Å². The van der Waals surface area contributed by atoms with Gasteiger partial charge in [-0.2, -0.15) is 5.10 Å². The fraction of sp³-hybridized carbons (Fsp3) is 0.345. The number of nitrogens with one attached hydrogen (secondary N) is 3. The summed E-state index contributed by atoms with van der Waals surface area (Å²) in [6.07, 6.45) is 6.22. The van der Waals surface area contributed by atoms with Gasteiger partial charge in [-0.05, 0) is 56.1 Å². The minimum absolute atomic E-state index is 0.178. The average Bonchev–Trinajstić information content (AvgIpc) is 3.56. The highest BCUT2D eigenvalue weighted by Crippen LogP contribution is 2.25. The van der Waals surface area contributed by atoms with E-state index >= 15 is 0 Å². The van der Waals surface area contributed by atoms with Crippen LogP contribution in [0.15, 0.2) is 54.9 Å². The number of nitrogens with zero attached hydrogens (tertiary/aromatic N) is 5. The number of rotatable bonds is 12.